The van der Waals surface area contributed by atoms with E-state index in [1.807, 2.05) is 59.3 Å². The lowest BCUT2D eigenvalue weighted by Gasteiger charge is -2.09. The Balaban J connectivity index is 1.36. The molecule has 1 fully saturated rings. The van der Waals surface area contributed by atoms with Crippen molar-refractivity contribution >= 4 is 11.6 Å². The SMILES string of the molecule is O=C(CCOc1ccccc1)Nc1cccc(-c2nnnn2C2CC2)c1. The molecule has 0 radical (unpaired) electrons. The van der Waals surface area contributed by atoms with Crippen LogP contribution >= 0.6 is 0 Å². The first-order valence-electron chi connectivity index (χ1n) is 8.65. The first-order chi connectivity index (χ1) is 12.8. The molecule has 7 nitrogen and oxygen atoms in total. The van der Waals surface area contributed by atoms with Crippen LogP contribution in [0.3, 0.4) is 0 Å². The lowest BCUT2D eigenvalue weighted by molar-refractivity contribution is -0.116. The van der Waals surface area contributed by atoms with Crippen LogP contribution in [0.4, 0.5) is 5.69 Å². The molecular weight excluding hydrogens is 330 g/mol. The highest BCUT2D eigenvalue weighted by Gasteiger charge is 2.28. The second-order valence-corrected chi connectivity index (χ2v) is 6.22. The lowest BCUT2D eigenvalue weighted by Crippen LogP contribution is -2.15. The highest BCUT2D eigenvalue weighted by molar-refractivity contribution is 5.91. The number of benzene rings is 2. The summed E-state index contributed by atoms with van der Waals surface area (Å²) in [7, 11) is 0. The molecule has 1 heterocycles. The Labute approximate surface area is 151 Å². The molecule has 2 aromatic carbocycles. The van der Waals surface area contributed by atoms with Crippen molar-refractivity contribution in [2.75, 3.05) is 11.9 Å². The van der Waals surface area contributed by atoms with Crippen LogP contribution in [0.5, 0.6) is 5.75 Å². The molecule has 0 spiro atoms. The van der Waals surface area contributed by atoms with Gasteiger partial charge in [0.2, 0.25) is 5.91 Å². The van der Waals surface area contributed by atoms with Crippen molar-refractivity contribution in [3.8, 4) is 17.1 Å². The highest BCUT2D eigenvalue weighted by atomic mass is 16.5. The maximum Gasteiger partial charge on any atom is 0.227 e. The molecule has 1 aromatic heterocycles. The van der Waals surface area contributed by atoms with Crippen molar-refractivity contribution in [2.45, 2.75) is 25.3 Å². The van der Waals surface area contributed by atoms with Crippen molar-refractivity contribution in [1.29, 1.82) is 0 Å². The Bertz CT molecular complexity index is 890. The van der Waals surface area contributed by atoms with Crippen molar-refractivity contribution in [3.63, 3.8) is 0 Å². The van der Waals surface area contributed by atoms with Crippen molar-refractivity contribution in [2.24, 2.45) is 0 Å². The maximum absolute atomic E-state index is 12.1. The third-order valence-corrected chi connectivity index (χ3v) is 4.13. The second-order valence-electron chi connectivity index (χ2n) is 6.22. The molecule has 4 rings (SSSR count). The van der Waals surface area contributed by atoms with Gasteiger partial charge in [-0.05, 0) is 47.5 Å². The van der Waals surface area contributed by atoms with Crippen molar-refractivity contribution in [1.82, 2.24) is 20.2 Å². The number of rotatable bonds is 7. The number of carbonyl (C=O) groups is 1. The van der Waals surface area contributed by atoms with Gasteiger partial charge in [0.25, 0.3) is 0 Å². The minimum Gasteiger partial charge on any atom is -0.493 e. The average Bonchev–Trinajstić information content (AvgIpc) is 3.39. The number of hydrogen-bond donors (Lipinski definition) is 1. The molecule has 0 atom stereocenters. The van der Waals surface area contributed by atoms with Gasteiger partial charge in [0.05, 0.1) is 19.1 Å². The van der Waals surface area contributed by atoms with E-state index in [4.69, 9.17) is 4.74 Å². The number of aromatic nitrogens is 4. The summed E-state index contributed by atoms with van der Waals surface area (Å²) in [4.78, 5) is 12.1. The summed E-state index contributed by atoms with van der Waals surface area (Å²) in [5.74, 6) is 1.39. The predicted octanol–water partition coefficient (Wildman–Crippen LogP) is 3.08. The number of amides is 1. The fourth-order valence-corrected chi connectivity index (χ4v) is 2.69. The van der Waals surface area contributed by atoms with Crippen LogP contribution in [0.1, 0.15) is 25.3 Å². The predicted molar refractivity (Wildman–Crippen MR) is 96.7 cm³/mol. The molecule has 1 aliphatic carbocycles. The van der Waals surface area contributed by atoms with Crippen LogP contribution in [0.15, 0.2) is 54.6 Å². The lowest BCUT2D eigenvalue weighted by atomic mass is 10.2. The molecule has 1 aliphatic rings. The van der Waals surface area contributed by atoms with E-state index in [-0.39, 0.29) is 12.3 Å². The van der Waals surface area contributed by atoms with E-state index in [1.165, 1.54) is 0 Å². The number of nitrogens with zero attached hydrogens (tertiary/aromatic N) is 4. The minimum absolute atomic E-state index is 0.0973. The molecular formula is C19H19N5O2. The molecule has 0 bridgehead atoms. The van der Waals surface area contributed by atoms with E-state index in [9.17, 15) is 4.79 Å². The third-order valence-electron chi connectivity index (χ3n) is 4.13. The molecule has 1 saturated carbocycles. The molecule has 0 aliphatic heterocycles. The van der Waals surface area contributed by atoms with Crippen LogP contribution in [-0.4, -0.2) is 32.7 Å². The van der Waals surface area contributed by atoms with E-state index in [0.29, 0.717) is 12.6 Å². The van der Waals surface area contributed by atoms with Crippen LogP contribution in [0, 0.1) is 0 Å². The first kappa shape index (κ1) is 16.3. The summed E-state index contributed by atoms with van der Waals surface area (Å²) >= 11 is 0. The number of anilines is 1. The summed E-state index contributed by atoms with van der Waals surface area (Å²) in [6.07, 6.45) is 2.49. The second kappa shape index (κ2) is 7.35. The van der Waals surface area contributed by atoms with E-state index >= 15 is 0 Å². The van der Waals surface area contributed by atoms with Crippen LogP contribution in [-0.2, 0) is 4.79 Å². The van der Waals surface area contributed by atoms with E-state index < -0.39 is 0 Å². The quantitative estimate of drug-likeness (QED) is 0.709. The maximum atomic E-state index is 12.1. The molecule has 1 N–H and O–H groups in total. The zero-order valence-electron chi connectivity index (χ0n) is 14.2. The van der Waals surface area contributed by atoms with Crippen molar-refractivity contribution < 1.29 is 9.53 Å². The van der Waals surface area contributed by atoms with Gasteiger partial charge in [-0.3, -0.25) is 4.79 Å². The first-order valence-corrected chi connectivity index (χ1v) is 8.65. The number of ether oxygens (including phenoxy) is 1. The molecule has 132 valence electrons. The number of hydrogen-bond acceptors (Lipinski definition) is 5. The number of para-hydroxylation sites is 1. The summed E-state index contributed by atoms with van der Waals surface area (Å²) < 4.78 is 7.41. The molecule has 1 amide bonds. The monoisotopic (exact) mass is 349 g/mol. The Morgan fingerprint density at radius 1 is 1.15 bits per heavy atom. The summed E-state index contributed by atoms with van der Waals surface area (Å²) in [6.45, 7) is 0.329. The molecule has 26 heavy (non-hydrogen) atoms. The zero-order valence-corrected chi connectivity index (χ0v) is 14.2. The molecule has 3 aromatic rings. The standard InChI is InChI=1S/C19H19N5O2/c25-18(11-12-26-17-7-2-1-3-8-17)20-15-6-4-5-14(13-15)19-21-22-23-24(19)16-9-10-16/h1-8,13,16H,9-12H2,(H,20,25). The van der Waals surface area contributed by atoms with Gasteiger partial charge in [-0.25, -0.2) is 4.68 Å². The summed E-state index contributed by atoms with van der Waals surface area (Å²) in [5.41, 5.74) is 1.61. The normalized spacial score (nSPS) is 13.4. The fraction of sp³-hybridized carbons (Fsp3) is 0.263. The number of carbonyl (C=O) groups excluding carboxylic acids is 1. The van der Waals surface area contributed by atoms with E-state index in [2.05, 4.69) is 20.8 Å². The highest BCUT2D eigenvalue weighted by Crippen LogP contribution is 2.36. The molecule has 7 heteroatoms. The minimum atomic E-state index is -0.0973. The van der Waals surface area contributed by atoms with Gasteiger partial charge in [-0.15, -0.1) is 5.10 Å². The van der Waals surface area contributed by atoms with Gasteiger partial charge in [0.15, 0.2) is 5.82 Å². The van der Waals surface area contributed by atoms with E-state index in [1.54, 1.807) is 0 Å². The Morgan fingerprint density at radius 2 is 2.00 bits per heavy atom. The van der Waals surface area contributed by atoms with Gasteiger partial charge in [-0.1, -0.05) is 30.3 Å². The van der Waals surface area contributed by atoms with Gasteiger partial charge in [0, 0.05) is 11.3 Å². The fourth-order valence-electron chi connectivity index (χ4n) is 2.69. The number of tetrazole rings is 1. The Morgan fingerprint density at radius 3 is 2.81 bits per heavy atom. The van der Waals surface area contributed by atoms with Crippen LogP contribution in [0.25, 0.3) is 11.4 Å². The Hall–Kier alpha value is -3.22. The third kappa shape index (κ3) is 3.88. The topological polar surface area (TPSA) is 81.9 Å². The smallest absolute Gasteiger partial charge is 0.227 e. The molecule has 0 saturated heterocycles. The largest absolute Gasteiger partial charge is 0.493 e. The van der Waals surface area contributed by atoms with Crippen molar-refractivity contribution in [3.05, 3.63) is 54.6 Å². The average molecular weight is 349 g/mol. The zero-order chi connectivity index (χ0) is 17.8. The van der Waals surface area contributed by atoms with Crippen LogP contribution in [0.2, 0.25) is 0 Å². The van der Waals surface area contributed by atoms with Gasteiger partial charge in [0.1, 0.15) is 5.75 Å². The number of nitrogens with one attached hydrogen (secondary N) is 1. The Kier molecular flexibility index (Phi) is 4.59. The summed E-state index contributed by atoms with van der Waals surface area (Å²) in [6, 6.07) is 17.4. The van der Waals surface area contributed by atoms with Gasteiger partial charge in [-0.2, -0.15) is 0 Å². The molecule has 0 unspecified atom stereocenters. The van der Waals surface area contributed by atoms with Gasteiger partial charge >= 0.3 is 0 Å². The van der Waals surface area contributed by atoms with Crippen LogP contribution < -0.4 is 10.1 Å². The van der Waals surface area contributed by atoms with Gasteiger partial charge < -0.3 is 10.1 Å². The van der Waals surface area contributed by atoms with E-state index in [0.717, 1.165) is 35.7 Å². The summed E-state index contributed by atoms with van der Waals surface area (Å²) in [5, 5.41) is 14.9.